The summed E-state index contributed by atoms with van der Waals surface area (Å²) in [6, 6.07) is 7.30. The summed E-state index contributed by atoms with van der Waals surface area (Å²) in [4.78, 5) is 29.2. The summed E-state index contributed by atoms with van der Waals surface area (Å²) in [5.41, 5.74) is 14.4. The molecular weight excluding hydrogens is 338 g/mol. The van der Waals surface area contributed by atoms with Gasteiger partial charge in [-0.3, -0.25) is 9.59 Å². The smallest absolute Gasteiger partial charge is 0.260 e. The van der Waals surface area contributed by atoms with E-state index in [-0.39, 0.29) is 16.3 Å². The Morgan fingerprint density at radius 1 is 1.20 bits per heavy atom. The van der Waals surface area contributed by atoms with Crippen molar-refractivity contribution in [2.75, 3.05) is 12.8 Å². The SMILES string of the molecule is COc1ccc(-c2c(C(C)=O)c(C)nc3sc(C(N)=O)c(N)c23)cc1. The average Bonchev–Trinajstić information content (AvgIpc) is 2.90. The first-order valence-corrected chi connectivity index (χ1v) is 8.34. The molecule has 128 valence electrons. The van der Waals surface area contributed by atoms with Crippen molar-refractivity contribution in [1.82, 2.24) is 4.98 Å². The van der Waals surface area contributed by atoms with Crippen LogP contribution in [0.4, 0.5) is 5.69 Å². The molecule has 0 fully saturated rings. The molecule has 0 radical (unpaired) electrons. The monoisotopic (exact) mass is 355 g/mol. The molecule has 0 bridgehead atoms. The molecule has 3 aromatic rings. The van der Waals surface area contributed by atoms with Crippen LogP contribution in [0, 0.1) is 6.92 Å². The first kappa shape index (κ1) is 16.9. The van der Waals surface area contributed by atoms with Crippen molar-refractivity contribution in [3.63, 3.8) is 0 Å². The molecule has 1 amide bonds. The van der Waals surface area contributed by atoms with Gasteiger partial charge in [0.1, 0.15) is 15.5 Å². The zero-order valence-electron chi connectivity index (χ0n) is 14.0. The van der Waals surface area contributed by atoms with Crippen LogP contribution in [-0.4, -0.2) is 23.8 Å². The van der Waals surface area contributed by atoms with Crippen LogP contribution >= 0.6 is 11.3 Å². The van der Waals surface area contributed by atoms with Crippen LogP contribution in [0.1, 0.15) is 32.6 Å². The van der Waals surface area contributed by atoms with E-state index >= 15 is 0 Å². The number of nitrogen functional groups attached to an aromatic ring is 1. The van der Waals surface area contributed by atoms with Crippen LogP contribution in [-0.2, 0) is 0 Å². The summed E-state index contributed by atoms with van der Waals surface area (Å²) in [6.07, 6.45) is 0. The number of hydrogen-bond donors (Lipinski definition) is 2. The van der Waals surface area contributed by atoms with Gasteiger partial charge in [0.2, 0.25) is 0 Å². The largest absolute Gasteiger partial charge is 0.497 e. The van der Waals surface area contributed by atoms with Gasteiger partial charge in [0.15, 0.2) is 5.78 Å². The van der Waals surface area contributed by atoms with Gasteiger partial charge in [-0.05, 0) is 31.5 Å². The Morgan fingerprint density at radius 2 is 1.84 bits per heavy atom. The van der Waals surface area contributed by atoms with Gasteiger partial charge in [-0.2, -0.15) is 0 Å². The number of aryl methyl sites for hydroxylation is 1. The van der Waals surface area contributed by atoms with Crippen LogP contribution in [0.25, 0.3) is 21.3 Å². The van der Waals surface area contributed by atoms with Gasteiger partial charge < -0.3 is 16.2 Å². The molecule has 2 aromatic heterocycles. The lowest BCUT2D eigenvalue weighted by atomic mass is 9.93. The van der Waals surface area contributed by atoms with Gasteiger partial charge in [0, 0.05) is 16.5 Å². The molecule has 0 saturated heterocycles. The van der Waals surface area contributed by atoms with E-state index in [1.165, 1.54) is 6.92 Å². The summed E-state index contributed by atoms with van der Waals surface area (Å²) < 4.78 is 5.19. The fourth-order valence-electron chi connectivity index (χ4n) is 2.93. The normalized spacial score (nSPS) is 10.8. The first-order chi connectivity index (χ1) is 11.8. The predicted octanol–water partition coefficient (Wildman–Crippen LogP) is 3.16. The maximum Gasteiger partial charge on any atom is 0.260 e. The molecule has 0 unspecified atom stereocenters. The molecule has 0 saturated carbocycles. The predicted molar refractivity (Wildman–Crippen MR) is 99.3 cm³/mol. The van der Waals surface area contributed by atoms with Crippen LogP contribution in [0.3, 0.4) is 0 Å². The summed E-state index contributed by atoms with van der Waals surface area (Å²) in [5, 5.41) is 0.583. The number of aromatic nitrogens is 1. The number of amides is 1. The van der Waals surface area contributed by atoms with E-state index in [0.717, 1.165) is 16.9 Å². The van der Waals surface area contributed by atoms with Crippen molar-refractivity contribution in [3.8, 4) is 16.9 Å². The summed E-state index contributed by atoms with van der Waals surface area (Å²) in [6.45, 7) is 3.25. The molecule has 4 N–H and O–H groups in total. The summed E-state index contributed by atoms with van der Waals surface area (Å²) in [7, 11) is 1.58. The van der Waals surface area contributed by atoms with E-state index in [2.05, 4.69) is 4.98 Å². The highest BCUT2D eigenvalue weighted by Crippen LogP contribution is 2.42. The minimum atomic E-state index is -0.608. The summed E-state index contributed by atoms with van der Waals surface area (Å²) in [5.74, 6) is -0.0292. The number of nitrogens with two attached hydrogens (primary N) is 2. The number of rotatable bonds is 4. The number of hydrogen-bond acceptors (Lipinski definition) is 6. The van der Waals surface area contributed by atoms with Gasteiger partial charge in [0.25, 0.3) is 5.91 Å². The van der Waals surface area contributed by atoms with E-state index in [4.69, 9.17) is 16.2 Å². The zero-order chi connectivity index (χ0) is 18.3. The topological polar surface area (TPSA) is 108 Å². The fourth-order valence-corrected chi connectivity index (χ4v) is 3.93. The molecule has 3 rings (SSSR count). The Labute approximate surface area is 148 Å². The van der Waals surface area contributed by atoms with Crippen molar-refractivity contribution < 1.29 is 14.3 Å². The molecule has 2 heterocycles. The lowest BCUT2D eigenvalue weighted by molar-refractivity contribution is 0.0999. The molecule has 25 heavy (non-hydrogen) atoms. The number of primary amides is 1. The van der Waals surface area contributed by atoms with Crippen LogP contribution < -0.4 is 16.2 Å². The molecule has 0 spiro atoms. The molecular formula is C18H17N3O3S. The third-order valence-electron chi connectivity index (χ3n) is 4.01. The first-order valence-electron chi connectivity index (χ1n) is 7.52. The minimum Gasteiger partial charge on any atom is -0.497 e. The third kappa shape index (κ3) is 2.72. The number of thiophene rings is 1. The zero-order valence-corrected chi connectivity index (χ0v) is 14.9. The van der Waals surface area contributed by atoms with Gasteiger partial charge in [-0.15, -0.1) is 11.3 Å². The number of carbonyl (C=O) groups is 2. The number of Topliss-reactive ketones (excluding diaryl/α,β-unsaturated/α-hetero) is 1. The highest BCUT2D eigenvalue weighted by molar-refractivity contribution is 7.21. The highest BCUT2D eigenvalue weighted by Gasteiger charge is 2.24. The van der Waals surface area contributed by atoms with Crippen molar-refractivity contribution >= 4 is 38.9 Å². The lowest BCUT2D eigenvalue weighted by Gasteiger charge is -2.13. The minimum absolute atomic E-state index is 0.121. The van der Waals surface area contributed by atoms with Crippen LogP contribution in [0.15, 0.2) is 24.3 Å². The Hall–Kier alpha value is -2.93. The van der Waals surface area contributed by atoms with Crippen molar-refractivity contribution in [3.05, 3.63) is 40.4 Å². The lowest BCUT2D eigenvalue weighted by Crippen LogP contribution is -2.10. The number of ketones is 1. The number of ether oxygens (including phenoxy) is 1. The average molecular weight is 355 g/mol. The Balaban J connectivity index is 2.45. The van der Waals surface area contributed by atoms with Crippen molar-refractivity contribution in [2.24, 2.45) is 5.73 Å². The molecule has 7 heteroatoms. The Kier molecular flexibility index (Phi) is 4.18. The second kappa shape index (κ2) is 6.18. The maximum absolute atomic E-state index is 12.3. The second-order valence-corrected chi connectivity index (χ2v) is 6.62. The fraction of sp³-hybridized carbons (Fsp3) is 0.167. The number of anilines is 1. The highest BCUT2D eigenvalue weighted by atomic mass is 32.1. The third-order valence-corrected chi connectivity index (χ3v) is 5.13. The van der Waals surface area contributed by atoms with Crippen LogP contribution in [0.2, 0.25) is 0 Å². The summed E-state index contributed by atoms with van der Waals surface area (Å²) >= 11 is 1.14. The van der Waals surface area contributed by atoms with Gasteiger partial charge >= 0.3 is 0 Å². The number of benzene rings is 1. The molecule has 1 aromatic carbocycles. The van der Waals surface area contributed by atoms with Crippen molar-refractivity contribution in [2.45, 2.75) is 13.8 Å². The van der Waals surface area contributed by atoms with Crippen molar-refractivity contribution in [1.29, 1.82) is 0 Å². The molecule has 0 aliphatic rings. The number of methoxy groups -OCH3 is 1. The molecule has 0 aliphatic heterocycles. The second-order valence-electron chi connectivity index (χ2n) is 5.62. The van der Waals surface area contributed by atoms with E-state index in [9.17, 15) is 9.59 Å². The van der Waals surface area contributed by atoms with Gasteiger partial charge in [0.05, 0.1) is 18.5 Å². The Bertz CT molecular complexity index is 1010. The van der Waals surface area contributed by atoms with E-state index < -0.39 is 5.91 Å². The van der Waals surface area contributed by atoms with Crippen LogP contribution in [0.5, 0.6) is 5.75 Å². The Morgan fingerprint density at radius 3 is 2.36 bits per heavy atom. The number of carbonyl (C=O) groups excluding carboxylic acids is 2. The van der Waals surface area contributed by atoms with E-state index in [0.29, 0.717) is 32.8 Å². The van der Waals surface area contributed by atoms with E-state index in [1.807, 2.05) is 12.1 Å². The maximum atomic E-state index is 12.3. The number of pyridine rings is 1. The molecule has 0 atom stereocenters. The van der Waals surface area contributed by atoms with Gasteiger partial charge in [-0.25, -0.2) is 4.98 Å². The number of nitrogens with zero attached hydrogens (tertiary/aromatic N) is 1. The van der Waals surface area contributed by atoms with E-state index in [1.54, 1.807) is 26.2 Å². The molecule has 6 nitrogen and oxygen atoms in total. The van der Waals surface area contributed by atoms with Gasteiger partial charge in [-0.1, -0.05) is 12.1 Å². The molecule has 0 aliphatic carbocycles. The standard InChI is InChI=1S/C18H17N3O3S/c1-8-12(9(2)22)13(10-4-6-11(24-3)7-5-10)14-15(19)16(17(20)23)25-18(14)21-8/h4-7H,19H2,1-3H3,(H2,20,23). The quantitative estimate of drug-likeness (QED) is 0.699. The number of fused-ring (bicyclic) bond motifs is 1.